The van der Waals surface area contributed by atoms with Crippen LogP contribution >= 0.6 is 11.6 Å². The van der Waals surface area contributed by atoms with Crippen molar-refractivity contribution in [2.45, 2.75) is 11.5 Å². The fourth-order valence-corrected chi connectivity index (χ4v) is 1.01. The number of halogens is 1. The molecule has 1 rings (SSSR count). The monoisotopic (exact) mass is 172 g/mol. The van der Waals surface area contributed by atoms with E-state index in [-0.39, 0.29) is 6.42 Å². The van der Waals surface area contributed by atoms with Gasteiger partial charge in [-0.1, -0.05) is 17.7 Å². The quantitative estimate of drug-likeness (QED) is 0.561. The van der Waals surface area contributed by atoms with Gasteiger partial charge in [0.2, 0.25) is 0 Å². The van der Waals surface area contributed by atoms with Gasteiger partial charge >= 0.3 is 0 Å². The molecule has 0 fully saturated rings. The maximum atomic E-state index is 9.48. The third kappa shape index (κ3) is 1.85. The van der Waals surface area contributed by atoms with Crippen LogP contribution in [0.15, 0.2) is 35.5 Å². The minimum absolute atomic E-state index is 0.266. The second-order valence-electron chi connectivity index (χ2n) is 2.23. The number of hydrogen-bond acceptors (Lipinski definition) is 2. The van der Waals surface area contributed by atoms with E-state index in [1.54, 1.807) is 12.1 Å². The van der Waals surface area contributed by atoms with Crippen molar-refractivity contribution in [3.05, 3.63) is 36.8 Å². The van der Waals surface area contributed by atoms with E-state index in [4.69, 9.17) is 16.0 Å². The average molecular weight is 173 g/mol. The van der Waals surface area contributed by atoms with Gasteiger partial charge < -0.3 is 9.52 Å². The molecule has 11 heavy (non-hydrogen) atoms. The second kappa shape index (κ2) is 3.11. The van der Waals surface area contributed by atoms with Gasteiger partial charge in [-0.2, -0.15) is 0 Å². The van der Waals surface area contributed by atoms with Gasteiger partial charge in [0.1, 0.15) is 0 Å². The van der Waals surface area contributed by atoms with Gasteiger partial charge in [-0.15, -0.1) is 6.58 Å². The molecule has 1 unspecified atom stereocenters. The van der Waals surface area contributed by atoms with Gasteiger partial charge in [-0.3, -0.25) is 0 Å². The van der Waals surface area contributed by atoms with E-state index in [0.717, 1.165) is 0 Å². The number of alkyl halides is 1. The fourth-order valence-electron chi connectivity index (χ4n) is 0.788. The first-order valence-electron chi connectivity index (χ1n) is 3.23. The Morgan fingerprint density at radius 1 is 1.82 bits per heavy atom. The van der Waals surface area contributed by atoms with Crippen LogP contribution in [-0.4, -0.2) is 5.11 Å². The maximum absolute atomic E-state index is 9.48. The van der Waals surface area contributed by atoms with Gasteiger partial charge in [0.05, 0.1) is 6.26 Å². The van der Waals surface area contributed by atoms with Crippen LogP contribution in [0.5, 0.6) is 0 Å². The summed E-state index contributed by atoms with van der Waals surface area (Å²) in [7, 11) is 0. The molecule has 0 aromatic carbocycles. The SMILES string of the molecule is C=CCC(O)(Cl)c1ccco1. The molecule has 1 heterocycles. The minimum atomic E-state index is -1.44. The van der Waals surface area contributed by atoms with Gasteiger partial charge in [-0.05, 0) is 12.1 Å². The summed E-state index contributed by atoms with van der Waals surface area (Å²) < 4.78 is 4.92. The van der Waals surface area contributed by atoms with Crippen molar-refractivity contribution in [2.24, 2.45) is 0 Å². The first-order chi connectivity index (χ1) is 5.17. The highest BCUT2D eigenvalue weighted by atomic mass is 35.5. The molecule has 60 valence electrons. The van der Waals surface area contributed by atoms with Crippen LogP contribution < -0.4 is 0 Å². The molecule has 1 N–H and O–H groups in total. The van der Waals surface area contributed by atoms with Crippen molar-refractivity contribution < 1.29 is 9.52 Å². The Balaban J connectivity index is 2.81. The Hall–Kier alpha value is -0.730. The molecular weight excluding hydrogens is 164 g/mol. The molecule has 0 radical (unpaired) electrons. The van der Waals surface area contributed by atoms with Gasteiger partial charge in [0.15, 0.2) is 10.8 Å². The second-order valence-corrected chi connectivity index (χ2v) is 2.85. The van der Waals surface area contributed by atoms with E-state index in [9.17, 15) is 5.11 Å². The van der Waals surface area contributed by atoms with Crippen molar-refractivity contribution in [3.8, 4) is 0 Å². The summed E-state index contributed by atoms with van der Waals surface area (Å²) in [5, 5.41) is 8.04. The molecule has 0 aliphatic rings. The normalized spacial score (nSPS) is 15.8. The van der Waals surface area contributed by atoms with Crippen LogP contribution in [-0.2, 0) is 5.06 Å². The Kier molecular flexibility index (Phi) is 2.37. The number of rotatable bonds is 3. The minimum Gasteiger partial charge on any atom is -0.465 e. The van der Waals surface area contributed by atoms with Crippen LogP contribution in [0.4, 0.5) is 0 Å². The highest BCUT2D eigenvalue weighted by molar-refractivity contribution is 6.22. The Morgan fingerprint density at radius 2 is 2.55 bits per heavy atom. The van der Waals surface area contributed by atoms with Crippen LogP contribution in [0.1, 0.15) is 12.2 Å². The Morgan fingerprint density at radius 3 is 3.00 bits per heavy atom. The number of furan rings is 1. The summed E-state index contributed by atoms with van der Waals surface area (Å²) in [6, 6.07) is 3.29. The summed E-state index contributed by atoms with van der Waals surface area (Å²) >= 11 is 5.69. The highest BCUT2D eigenvalue weighted by Crippen LogP contribution is 2.29. The van der Waals surface area contributed by atoms with Gasteiger partial charge in [-0.25, -0.2) is 0 Å². The Labute approximate surface area is 70.1 Å². The van der Waals surface area contributed by atoms with Crippen LogP contribution in [0.25, 0.3) is 0 Å². The lowest BCUT2D eigenvalue weighted by molar-refractivity contribution is 0.105. The van der Waals surface area contributed by atoms with Crippen LogP contribution in [0, 0.1) is 0 Å². The largest absolute Gasteiger partial charge is 0.465 e. The first kappa shape index (κ1) is 8.37. The summed E-state index contributed by atoms with van der Waals surface area (Å²) in [5.41, 5.74) is 0. The van der Waals surface area contributed by atoms with Crippen LogP contribution in [0.2, 0.25) is 0 Å². The molecule has 0 saturated heterocycles. The van der Waals surface area contributed by atoms with E-state index >= 15 is 0 Å². The van der Waals surface area contributed by atoms with E-state index < -0.39 is 5.06 Å². The standard InChI is InChI=1S/C8H9ClO2/c1-2-5-8(9,10)7-4-3-6-11-7/h2-4,6,10H,1,5H2. The van der Waals surface area contributed by atoms with E-state index in [0.29, 0.717) is 5.76 Å². The fraction of sp³-hybridized carbons (Fsp3) is 0.250. The lowest BCUT2D eigenvalue weighted by atomic mass is 10.2. The number of aliphatic hydroxyl groups is 1. The molecule has 0 amide bonds. The van der Waals surface area contributed by atoms with E-state index in [1.807, 2.05) is 0 Å². The summed E-state index contributed by atoms with van der Waals surface area (Å²) in [6.45, 7) is 3.47. The predicted octanol–water partition coefficient (Wildman–Crippen LogP) is 2.24. The molecule has 2 nitrogen and oxygen atoms in total. The molecule has 0 aliphatic carbocycles. The Bertz CT molecular complexity index is 226. The average Bonchev–Trinajstić information content (AvgIpc) is 2.37. The van der Waals surface area contributed by atoms with Gasteiger partial charge in [0, 0.05) is 6.42 Å². The van der Waals surface area contributed by atoms with E-state index in [2.05, 4.69) is 6.58 Å². The first-order valence-corrected chi connectivity index (χ1v) is 3.61. The topological polar surface area (TPSA) is 33.4 Å². The zero-order valence-electron chi connectivity index (χ0n) is 5.96. The summed E-state index contributed by atoms with van der Waals surface area (Å²) in [6.07, 6.45) is 3.27. The lowest BCUT2D eigenvalue weighted by Gasteiger charge is -2.14. The van der Waals surface area contributed by atoms with Crippen molar-refractivity contribution in [1.29, 1.82) is 0 Å². The molecule has 0 bridgehead atoms. The van der Waals surface area contributed by atoms with Crippen molar-refractivity contribution in [3.63, 3.8) is 0 Å². The predicted molar refractivity (Wildman–Crippen MR) is 43.3 cm³/mol. The molecule has 3 heteroatoms. The zero-order valence-corrected chi connectivity index (χ0v) is 6.71. The third-order valence-electron chi connectivity index (χ3n) is 1.31. The third-order valence-corrected chi connectivity index (χ3v) is 1.65. The van der Waals surface area contributed by atoms with E-state index in [1.165, 1.54) is 12.3 Å². The highest BCUT2D eigenvalue weighted by Gasteiger charge is 2.27. The molecule has 0 spiro atoms. The maximum Gasteiger partial charge on any atom is 0.200 e. The van der Waals surface area contributed by atoms with Crippen molar-refractivity contribution in [1.82, 2.24) is 0 Å². The number of hydrogen-bond donors (Lipinski definition) is 1. The molecule has 1 aromatic heterocycles. The van der Waals surface area contributed by atoms with Crippen molar-refractivity contribution >= 4 is 11.6 Å². The zero-order chi connectivity index (χ0) is 8.32. The smallest absolute Gasteiger partial charge is 0.200 e. The molecule has 0 saturated carbocycles. The molecular formula is C8H9ClO2. The lowest BCUT2D eigenvalue weighted by Crippen LogP contribution is -2.15. The van der Waals surface area contributed by atoms with Crippen LogP contribution in [0.3, 0.4) is 0 Å². The van der Waals surface area contributed by atoms with Crippen molar-refractivity contribution in [2.75, 3.05) is 0 Å². The summed E-state index contributed by atoms with van der Waals surface area (Å²) in [4.78, 5) is 0. The molecule has 1 aromatic rings. The van der Waals surface area contributed by atoms with Gasteiger partial charge in [0.25, 0.3) is 0 Å². The molecule has 0 aliphatic heterocycles. The molecule has 1 atom stereocenters. The summed E-state index contributed by atoms with van der Waals surface area (Å²) in [5.74, 6) is 0.346.